The maximum absolute atomic E-state index is 11.7. The second-order valence-corrected chi connectivity index (χ2v) is 6.75. The van der Waals surface area contributed by atoms with Crippen molar-refractivity contribution in [3.8, 4) is 0 Å². The molecular weight excluding hydrogens is 320 g/mol. The van der Waals surface area contributed by atoms with E-state index in [1.807, 2.05) is 0 Å². The van der Waals surface area contributed by atoms with Gasteiger partial charge in [-0.1, -0.05) is 32.6 Å². The highest BCUT2D eigenvalue weighted by Crippen LogP contribution is 2.20. The molecule has 0 bridgehead atoms. The molecule has 0 N–H and O–H groups in total. The van der Waals surface area contributed by atoms with Gasteiger partial charge in [0.25, 0.3) is 0 Å². The molecule has 0 aromatic carbocycles. The van der Waals surface area contributed by atoms with Gasteiger partial charge in [-0.25, -0.2) is 0 Å². The largest absolute Gasteiger partial charge is 0.462 e. The SMILES string of the molecule is CCCCCCOCCOCCOCCCC(=O)OC1CCCCC1. The van der Waals surface area contributed by atoms with Crippen LogP contribution in [0.4, 0.5) is 0 Å². The first-order valence-electron chi connectivity index (χ1n) is 10.3. The summed E-state index contributed by atoms with van der Waals surface area (Å²) < 4.78 is 21.9. The van der Waals surface area contributed by atoms with E-state index in [0.29, 0.717) is 45.9 Å². The van der Waals surface area contributed by atoms with E-state index in [1.165, 1.54) is 38.5 Å². The first-order chi connectivity index (χ1) is 12.3. The molecule has 0 saturated heterocycles. The summed E-state index contributed by atoms with van der Waals surface area (Å²) in [6.45, 7) is 6.03. The average Bonchev–Trinajstić information content (AvgIpc) is 2.63. The van der Waals surface area contributed by atoms with Gasteiger partial charge in [-0.2, -0.15) is 0 Å². The van der Waals surface area contributed by atoms with Crippen molar-refractivity contribution in [3.05, 3.63) is 0 Å². The second-order valence-electron chi connectivity index (χ2n) is 6.75. The summed E-state index contributed by atoms with van der Waals surface area (Å²) in [5.74, 6) is -0.0807. The lowest BCUT2D eigenvalue weighted by atomic mass is 9.98. The molecule has 148 valence electrons. The highest BCUT2D eigenvalue weighted by atomic mass is 16.5. The fraction of sp³-hybridized carbons (Fsp3) is 0.950. The molecule has 1 saturated carbocycles. The van der Waals surface area contributed by atoms with Crippen LogP contribution in [0.15, 0.2) is 0 Å². The third-order valence-corrected chi connectivity index (χ3v) is 4.41. The molecular formula is C20H38O5. The number of carbonyl (C=O) groups excluding carboxylic acids is 1. The molecule has 1 aliphatic carbocycles. The van der Waals surface area contributed by atoms with E-state index in [0.717, 1.165) is 25.9 Å². The summed E-state index contributed by atoms with van der Waals surface area (Å²) in [6.07, 6.45) is 12.0. The van der Waals surface area contributed by atoms with Crippen molar-refractivity contribution in [1.82, 2.24) is 0 Å². The van der Waals surface area contributed by atoms with Crippen LogP contribution in [0, 0.1) is 0 Å². The molecule has 0 aliphatic heterocycles. The highest BCUT2D eigenvalue weighted by Gasteiger charge is 2.17. The standard InChI is InChI=1S/C20H38O5/c1-2-3-4-8-13-22-15-17-24-18-16-23-14-9-12-20(21)25-19-10-6-5-7-11-19/h19H,2-18H2,1H3. The lowest BCUT2D eigenvalue weighted by molar-refractivity contribution is -0.150. The quantitative estimate of drug-likeness (QED) is 0.305. The third kappa shape index (κ3) is 14.2. The lowest BCUT2D eigenvalue weighted by Gasteiger charge is -2.21. The van der Waals surface area contributed by atoms with Crippen molar-refractivity contribution in [2.24, 2.45) is 0 Å². The van der Waals surface area contributed by atoms with E-state index in [-0.39, 0.29) is 12.1 Å². The summed E-state index contributed by atoms with van der Waals surface area (Å²) >= 11 is 0. The van der Waals surface area contributed by atoms with Crippen LogP contribution in [0.1, 0.15) is 77.6 Å². The van der Waals surface area contributed by atoms with Crippen LogP contribution in [-0.2, 0) is 23.7 Å². The van der Waals surface area contributed by atoms with E-state index in [2.05, 4.69) is 6.92 Å². The first-order valence-corrected chi connectivity index (χ1v) is 10.3. The molecule has 0 aromatic heterocycles. The molecule has 5 heteroatoms. The maximum Gasteiger partial charge on any atom is 0.306 e. The predicted molar refractivity (Wildman–Crippen MR) is 98.8 cm³/mol. The molecule has 0 spiro atoms. The lowest BCUT2D eigenvalue weighted by Crippen LogP contribution is -2.21. The minimum absolute atomic E-state index is 0.0807. The Morgan fingerprint density at radius 1 is 0.760 bits per heavy atom. The van der Waals surface area contributed by atoms with Gasteiger partial charge in [0.05, 0.1) is 26.4 Å². The number of ether oxygens (including phenoxy) is 4. The molecule has 25 heavy (non-hydrogen) atoms. The van der Waals surface area contributed by atoms with Crippen LogP contribution >= 0.6 is 0 Å². The van der Waals surface area contributed by atoms with E-state index in [9.17, 15) is 4.79 Å². The number of carbonyl (C=O) groups is 1. The van der Waals surface area contributed by atoms with Gasteiger partial charge in [-0.15, -0.1) is 0 Å². The number of esters is 1. The van der Waals surface area contributed by atoms with Crippen LogP contribution in [0.25, 0.3) is 0 Å². The normalized spacial score (nSPS) is 15.4. The number of hydrogen-bond donors (Lipinski definition) is 0. The minimum Gasteiger partial charge on any atom is -0.462 e. The Labute approximate surface area is 153 Å². The van der Waals surface area contributed by atoms with Gasteiger partial charge in [-0.3, -0.25) is 4.79 Å². The van der Waals surface area contributed by atoms with Crippen molar-refractivity contribution < 1.29 is 23.7 Å². The van der Waals surface area contributed by atoms with E-state index >= 15 is 0 Å². The van der Waals surface area contributed by atoms with Gasteiger partial charge < -0.3 is 18.9 Å². The fourth-order valence-electron chi connectivity index (χ4n) is 2.92. The van der Waals surface area contributed by atoms with Gasteiger partial charge in [0, 0.05) is 19.6 Å². The Bertz CT molecular complexity index is 302. The van der Waals surface area contributed by atoms with E-state index in [1.54, 1.807) is 0 Å². The molecule has 0 unspecified atom stereocenters. The van der Waals surface area contributed by atoms with E-state index < -0.39 is 0 Å². The van der Waals surface area contributed by atoms with Gasteiger partial charge >= 0.3 is 5.97 Å². The zero-order chi connectivity index (χ0) is 18.0. The topological polar surface area (TPSA) is 54.0 Å². The van der Waals surface area contributed by atoms with Crippen molar-refractivity contribution in [3.63, 3.8) is 0 Å². The van der Waals surface area contributed by atoms with Crippen molar-refractivity contribution in [2.75, 3.05) is 39.6 Å². The smallest absolute Gasteiger partial charge is 0.306 e. The van der Waals surface area contributed by atoms with Crippen LogP contribution in [0.3, 0.4) is 0 Å². The molecule has 1 fully saturated rings. The average molecular weight is 359 g/mol. The molecule has 1 rings (SSSR count). The minimum atomic E-state index is -0.0807. The number of hydrogen-bond acceptors (Lipinski definition) is 5. The predicted octanol–water partition coefficient (Wildman–Crippen LogP) is 4.27. The molecule has 0 radical (unpaired) electrons. The van der Waals surface area contributed by atoms with Gasteiger partial charge in [0.2, 0.25) is 0 Å². The third-order valence-electron chi connectivity index (χ3n) is 4.41. The van der Waals surface area contributed by atoms with Crippen molar-refractivity contribution in [2.45, 2.75) is 83.7 Å². The second kappa shape index (κ2) is 16.8. The summed E-state index contributed by atoms with van der Waals surface area (Å²) in [5.41, 5.74) is 0. The molecule has 1 aliphatic rings. The molecule has 0 aromatic rings. The number of unbranched alkanes of at least 4 members (excludes halogenated alkanes) is 3. The fourth-order valence-corrected chi connectivity index (χ4v) is 2.92. The van der Waals surface area contributed by atoms with Crippen LogP contribution < -0.4 is 0 Å². The summed E-state index contributed by atoms with van der Waals surface area (Å²) in [4.78, 5) is 11.7. The van der Waals surface area contributed by atoms with Gasteiger partial charge in [0.1, 0.15) is 6.10 Å². The van der Waals surface area contributed by atoms with Crippen LogP contribution in [-0.4, -0.2) is 51.7 Å². The summed E-state index contributed by atoms with van der Waals surface area (Å²) in [7, 11) is 0. The van der Waals surface area contributed by atoms with Crippen LogP contribution in [0.2, 0.25) is 0 Å². The summed E-state index contributed by atoms with van der Waals surface area (Å²) in [5, 5.41) is 0. The van der Waals surface area contributed by atoms with Gasteiger partial charge in [-0.05, 0) is 38.5 Å². The Balaban J connectivity index is 1.74. The first kappa shape index (κ1) is 22.4. The Morgan fingerprint density at radius 3 is 2.00 bits per heavy atom. The van der Waals surface area contributed by atoms with E-state index in [4.69, 9.17) is 18.9 Å². The van der Waals surface area contributed by atoms with Crippen LogP contribution in [0.5, 0.6) is 0 Å². The molecule has 0 amide bonds. The Kier molecular flexibility index (Phi) is 15.0. The monoisotopic (exact) mass is 358 g/mol. The maximum atomic E-state index is 11.7. The van der Waals surface area contributed by atoms with Crippen molar-refractivity contribution in [1.29, 1.82) is 0 Å². The number of rotatable bonds is 16. The van der Waals surface area contributed by atoms with Crippen molar-refractivity contribution >= 4 is 5.97 Å². The highest BCUT2D eigenvalue weighted by molar-refractivity contribution is 5.69. The Morgan fingerprint density at radius 2 is 1.36 bits per heavy atom. The Hall–Kier alpha value is -0.650. The zero-order valence-corrected chi connectivity index (χ0v) is 16.1. The molecule has 5 nitrogen and oxygen atoms in total. The molecule has 0 heterocycles. The molecule has 0 atom stereocenters. The van der Waals surface area contributed by atoms with Gasteiger partial charge in [0.15, 0.2) is 0 Å². The zero-order valence-electron chi connectivity index (χ0n) is 16.1. The summed E-state index contributed by atoms with van der Waals surface area (Å²) in [6, 6.07) is 0.